The summed E-state index contributed by atoms with van der Waals surface area (Å²) < 4.78 is 10.7. The van der Waals surface area contributed by atoms with Crippen LogP contribution in [0.3, 0.4) is 0 Å². The molecule has 114 valence electrons. The number of nitrogens with zero attached hydrogens (tertiary/aromatic N) is 2. The molecule has 1 aliphatic rings. The Morgan fingerprint density at radius 1 is 1.33 bits per heavy atom. The summed E-state index contributed by atoms with van der Waals surface area (Å²) in [6, 6.07) is 8.35. The first-order chi connectivity index (χ1) is 10.0. The van der Waals surface area contributed by atoms with E-state index in [9.17, 15) is 5.26 Å². The second kappa shape index (κ2) is 6.79. The van der Waals surface area contributed by atoms with Gasteiger partial charge < -0.3 is 14.4 Å². The monoisotopic (exact) mass is 289 g/mol. The van der Waals surface area contributed by atoms with E-state index in [1.807, 2.05) is 39.2 Å². The molecule has 1 unspecified atom stereocenters. The molecule has 0 saturated heterocycles. The van der Waals surface area contributed by atoms with Crippen LogP contribution in [-0.4, -0.2) is 44.4 Å². The van der Waals surface area contributed by atoms with Crippen molar-refractivity contribution in [1.82, 2.24) is 10.2 Å². The van der Waals surface area contributed by atoms with Crippen molar-refractivity contribution in [2.24, 2.45) is 0 Å². The Balaban J connectivity index is 1.89. The number of hydrogen-bond acceptors (Lipinski definition) is 5. The lowest BCUT2D eigenvalue weighted by Crippen LogP contribution is -2.44. The molecule has 0 amide bonds. The summed E-state index contributed by atoms with van der Waals surface area (Å²) in [5.41, 5.74) is 0.655. The lowest BCUT2D eigenvalue weighted by atomic mass is 9.94. The number of benzene rings is 1. The third-order valence-corrected chi connectivity index (χ3v) is 3.67. The van der Waals surface area contributed by atoms with Crippen LogP contribution in [0.25, 0.3) is 0 Å². The largest absolute Gasteiger partial charge is 0.454 e. The molecule has 1 N–H and O–H groups in total. The Labute approximate surface area is 126 Å². The van der Waals surface area contributed by atoms with Gasteiger partial charge in [-0.3, -0.25) is 5.32 Å². The van der Waals surface area contributed by atoms with Crippen LogP contribution in [0, 0.1) is 11.3 Å². The van der Waals surface area contributed by atoms with E-state index in [0.29, 0.717) is 6.79 Å². The van der Waals surface area contributed by atoms with Crippen LogP contribution < -0.4 is 14.8 Å². The topological polar surface area (TPSA) is 57.5 Å². The molecule has 1 heterocycles. The van der Waals surface area contributed by atoms with Gasteiger partial charge in [0.15, 0.2) is 11.5 Å². The van der Waals surface area contributed by atoms with Gasteiger partial charge in [-0.2, -0.15) is 5.26 Å². The maximum absolute atomic E-state index is 9.41. The number of fused-ring (bicyclic) bond motifs is 1. The van der Waals surface area contributed by atoms with E-state index in [1.165, 1.54) is 0 Å². The predicted octanol–water partition coefficient (Wildman–Crippen LogP) is 1.78. The van der Waals surface area contributed by atoms with Crippen molar-refractivity contribution < 1.29 is 9.47 Å². The zero-order valence-electron chi connectivity index (χ0n) is 13.0. The highest BCUT2D eigenvalue weighted by Gasteiger charge is 2.23. The molecule has 0 radical (unpaired) electrons. The van der Waals surface area contributed by atoms with E-state index >= 15 is 0 Å². The first-order valence-corrected chi connectivity index (χ1v) is 7.22. The molecule has 1 aromatic carbocycles. The molecule has 0 aromatic heterocycles. The summed E-state index contributed by atoms with van der Waals surface area (Å²) in [6.07, 6.45) is 1.59. The minimum absolute atomic E-state index is 0.292. The molecule has 21 heavy (non-hydrogen) atoms. The molecule has 0 saturated carbocycles. The van der Waals surface area contributed by atoms with E-state index in [4.69, 9.17) is 9.47 Å². The van der Waals surface area contributed by atoms with Gasteiger partial charge in [0, 0.05) is 13.1 Å². The zero-order valence-corrected chi connectivity index (χ0v) is 13.0. The lowest BCUT2D eigenvalue weighted by Gasteiger charge is -2.24. The van der Waals surface area contributed by atoms with Crippen molar-refractivity contribution in [3.8, 4) is 17.6 Å². The lowest BCUT2D eigenvalue weighted by molar-refractivity contribution is 0.174. The molecular weight excluding hydrogens is 266 g/mol. The van der Waals surface area contributed by atoms with Crippen molar-refractivity contribution in [2.75, 3.05) is 34.0 Å². The molecule has 0 spiro atoms. The average molecular weight is 289 g/mol. The first-order valence-electron chi connectivity index (χ1n) is 7.22. The van der Waals surface area contributed by atoms with Gasteiger partial charge >= 0.3 is 0 Å². The predicted molar refractivity (Wildman–Crippen MR) is 81.5 cm³/mol. The van der Waals surface area contributed by atoms with Crippen molar-refractivity contribution in [3.63, 3.8) is 0 Å². The number of aryl methyl sites for hydroxylation is 1. The van der Waals surface area contributed by atoms with E-state index < -0.39 is 5.54 Å². The number of hydrogen-bond donors (Lipinski definition) is 1. The van der Waals surface area contributed by atoms with Crippen molar-refractivity contribution in [1.29, 1.82) is 5.26 Å². The molecule has 2 rings (SSSR count). The standard InChI is InChI=1S/C16H23N3O2/c1-16(11-17,18-8-9-19(2)3)7-6-13-4-5-14-15(10-13)21-12-20-14/h4-5,10,18H,6-9,12H2,1-3H3. The van der Waals surface area contributed by atoms with Gasteiger partial charge in [0.1, 0.15) is 5.54 Å². The number of nitriles is 1. The van der Waals surface area contributed by atoms with Crippen LogP contribution in [0.1, 0.15) is 18.9 Å². The molecule has 0 aliphatic carbocycles. The van der Waals surface area contributed by atoms with Gasteiger partial charge in [0.05, 0.1) is 6.07 Å². The van der Waals surface area contributed by atoms with E-state index in [2.05, 4.69) is 16.3 Å². The molecule has 5 heteroatoms. The number of rotatable bonds is 7. The van der Waals surface area contributed by atoms with Crippen molar-refractivity contribution in [3.05, 3.63) is 23.8 Å². The second-order valence-electron chi connectivity index (χ2n) is 5.86. The quantitative estimate of drug-likeness (QED) is 0.829. The third kappa shape index (κ3) is 4.35. The molecular formula is C16H23N3O2. The molecule has 0 bridgehead atoms. The van der Waals surface area contributed by atoms with Crippen molar-refractivity contribution in [2.45, 2.75) is 25.3 Å². The van der Waals surface area contributed by atoms with Crippen LogP contribution >= 0.6 is 0 Å². The zero-order chi connectivity index (χ0) is 15.3. The van der Waals surface area contributed by atoms with Gasteiger partial charge in [-0.1, -0.05) is 6.07 Å². The van der Waals surface area contributed by atoms with E-state index in [-0.39, 0.29) is 0 Å². The minimum Gasteiger partial charge on any atom is -0.454 e. The van der Waals surface area contributed by atoms with Gasteiger partial charge in [0.2, 0.25) is 6.79 Å². The van der Waals surface area contributed by atoms with Gasteiger partial charge in [-0.25, -0.2) is 0 Å². The van der Waals surface area contributed by atoms with Gasteiger partial charge in [-0.05, 0) is 51.6 Å². The summed E-state index contributed by atoms with van der Waals surface area (Å²) in [7, 11) is 4.05. The highest BCUT2D eigenvalue weighted by atomic mass is 16.7. The van der Waals surface area contributed by atoms with Crippen LogP contribution in [0.4, 0.5) is 0 Å². The Bertz CT molecular complexity index is 525. The summed E-state index contributed by atoms with van der Waals surface area (Å²) in [4.78, 5) is 2.10. The van der Waals surface area contributed by atoms with Crippen LogP contribution in [0.5, 0.6) is 11.5 Å². The molecule has 1 aromatic rings. The second-order valence-corrected chi connectivity index (χ2v) is 5.86. The Hall–Kier alpha value is -1.77. The molecule has 5 nitrogen and oxygen atoms in total. The Morgan fingerprint density at radius 3 is 2.81 bits per heavy atom. The number of likely N-dealkylation sites (N-methyl/N-ethyl adjacent to an activating group) is 1. The maximum Gasteiger partial charge on any atom is 0.231 e. The fourth-order valence-corrected chi connectivity index (χ4v) is 2.23. The highest BCUT2D eigenvalue weighted by Crippen LogP contribution is 2.33. The summed E-state index contributed by atoms with van der Waals surface area (Å²) >= 11 is 0. The van der Waals surface area contributed by atoms with Crippen LogP contribution in [0.2, 0.25) is 0 Å². The third-order valence-electron chi connectivity index (χ3n) is 3.67. The highest BCUT2D eigenvalue weighted by molar-refractivity contribution is 5.44. The SMILES string of the molecule is CN(C)CCNC(C)(C#N)CCc1ccc2c(c1)OCO2. The fraction of sp³-hybridized carbons (Fsp3) is 0.562. The fourth-order valence-electron chi connectivity index (χ4n) is 2.23. The minimum atomic E-state index is -0.508. The average Bonchev–Trinajstić information content (AvgIpc) is 2.92. The van der Waals surface area contributed by atoms with Crippen LogP contribution in [0.15, 0.2) is 18.2 Å². The van der Waals surface area contributed by atoms with Crippen LogP contribution in [-0.2, 0) is 6.42 Å². The number of nitrogens with one attached hydrogen (secondary N) is 1. The van der Waals surface area contributed by atoms with E-state index in [1.54, 1.807) is 0 Å². The summed E-state index contributed by atoms with van der Waals surface area (Å²) in [5.74, 6) is 1.60. The normalized spacial score (nSPS) is 15.8. The summed E-state index contributed by atoms with van der Waals surface area (Å²) in [5, 5.41) is 12.8. The van der Waals surface area contributed by atoms with Gasteiger partial charge in [0.25, 0.3) is 0 Å². The Kier molecular flexibility index (Phi) is 5.05. The molecule has 1 atom stereocenters. The van der Waals surface area contributed by atoms with Crippen molar-refractivity contribution >= 4 is 0 Å². The maximum atomic E-state index is 9.41. The van der Waals surface area contributed by atoms with Gasteiger partial charge in [-0.15, -0.1) is 0 Å². The first kappa shape index (κ1) is 15.6. The Morgan fingerprint density at radius 2 is 2.10 bits per heavy atom. The molecule has 1 aliphatic heterocycles. The smallest absolute Gasteiger partial charge is 0.231 e. The number of ether oxygens (including phenoxy) is 2. The molecule has 0 fully saturated rings. The summed E-state index contributed by atoms with van der Waals surface area (Å²) in [6.45, 7) is 3.97. The van der Waals surface area contributed by atoms with E-state index in [0.717, 1.165) is 43.0 Å².